The molecular weight excluding hydrogens is 282 g/mol. The topological polar surface area (TPSA) is 136 Å². The maximum Gasteiger partial charge on any atom is 0.326 e. The van der Waals surface area contributed by atoms with E-state index >= 15 is 0 Å². The summed E-state index contributed by atoms with van der Waals surface area (Å²) < 4.78 is 0. The van der Waals surface area contributed by atoms with E-state index in [0.717, 1.165) is 5.01 Å². The molecule has 0 unspecified atom stereocenters. The van der Waals surface area contributed by atoms with Crippen LogP contribution in [0.5, 0.6) is 0 Å². The molecule has 1 atom stereocenters. The van der Waals surface area contributed by atoms with Crippen LogP contribution in [0.4, 0.5) is 0 Å². The summed E-state index contributed by atoms with van der Waals surface area (Å²) in [6.07, 6.45) is 0.265. The summed E-state index contributed by atoms with van der Waals surface area (Å²) in [6, 6.07) is -1.18. The number of nitrogens with zero attached hydrogens (tertiary/aromatic N) is 2. The fraction of sp³-hybridized carbons (Fsp3) is 0.583. The Bertz CT molecular complexity index is 487. The lowest BCUT2D eigenvalue weighted by atomic mass is 10.1. The van der Waals surface area contributed by atoms with E-state index in [1.165, 1.54) is 7.05 Å². The summed E-state index contributed by atoms with van der Waals surface area (Å²) in [7, 11) is 1.41. The molecule has 3 N–H and O–H groups in total. The molecule has 9 heteroatoms. The van der Waals surface area contributed by atoms with E-state index in [-0.39, 0.29) is 43.7 Å². The molecule has 0 saturated carbocycles. The fourth-order valence-electron chi connectivity index (χ4n) is 1.79. The number of hydrazone groups is 1. The highest BCUT2D eigenvalue weighted by Gasteiger charge is 2.26. The lowest BCUT2D eigenvalue weighted by Gasteiger charge is -2.20. The maximum atomic E-state index is 11.9. The van der Waals surface area contributed by atoms with Crippen LogP contribution < -0.4 is 5.32 Å². The first kappa shape index (κ1) is 16.6. The molecule has 0 bridgehead atoms. The molecule has 1 rings (SSSR count). The van der Waals surface area contributed by atoms with Crippen LogP contribution in [0.2, 0.25) is 0 Å². The van der Waals surface area contributed by atoms with E-state index in [2.05, 4.69) is 10.4 Å². The number of aliphatic carboxylic acids is 2. The molecule has 0 aromatic rings. The van der Waals surface area contributed by atoms with Crippen molar-refractivity contribution in [2.45, 2.75) is 38.1 Å². The van der Waals surface area contributed by atoms with Crippen molar-refractivity contribution in [1.82, 2.24) is 10.3 Å². The predicted octanol–water partition coefficient (Wildman–Crippen LogP) is -0.581. The van der Waals surface area contributed by atoms with Gasteiger partial charge in [0, 0.05) is 26.3 Å². The molecule has 0 aromatic heterocycles. The standard InChI is InChI=1S/C12H17N3O6/c1-15-9(16)6-5-7(14-15)11(19)13-8(12(20)21)3-2-4-10(17)18/h8H,2-6H2,1H3,(H,13,19)(H,17,18)(H,20,21)/t8-/m1/s1. The first-order valence-corrected chi connectivity index (χ1v) is 6.40. The first-order valence-electron chi connectivity index (χ1n) is 6.40. The highest BCUT2D eigenvalue weighted by atomic mass is 16.4. The van der Waals surface area contributed by atoms with Gasteiger partial charge in [0.2, 0.25) is 5.91 Å². The molecule has 2 amide bonds. The minimum Gasteiger partial charge on any atom is -0.481 e. The average molecular weight is 299 g/mol. The highest BCUT2D eigenvalue weighted by Crippen LogP contribution is 2.08. The van der Waals surface area contributed by atoms with Gasteiger partial charge in [0.15, 0.2) is 0 Å². The van der Waals surface area contributed by atoms with Gasteiger partial charge in [-0.15, -0.1) is 0 Å². The third-order valence-corrected chi connectivity index (χ3v) is 2.96. The minimum absolute atomic E-state index is 0.00935. The van der Waals surface area contributed by atoms with Gasteiger partial charge < -0.3 is 15.5 Å². The van der Waals surface area contributed by atoms with Gasteiger partial charge in [-0.1, -0.05) is 0 Å². The van der Waals surface area contributed by atoms with Crippen LogP contribution in [0, 0.1) is 0 Å². The van der Waals surface area contributed by atoms with Crippen LogP contribution in [0.3, 0.4) is 0 Å². The number of amides is 2. The molecule has 0 saturated heterocycles. The third-order valence-electron chi connectivity index (χ3n) is 2.96. The molecule has 1 heterocycles. The monoisotopic (exact) mass is 299 g/mol. The number of carboxylic acids is 2. The number of nitrogens with one attached hydrogen (secondary N) is 1. The van der Waals surface area contributed by atoms with E-state index in [4.69, 9.17) is 10.2 Å². The molecule has 1 aliphatic rings. The molecule has 0 aliphatic carbocycles. The van der Waals surface area contributed by atoms with Crippen LogP contribution in [0.25, 0.3) is 0 Å². The Balaban J connectivity index is 2.60. The van der Waals surface area contributed by atoms with Gasteiger partial charge in [-0.05, 0) is 12.8 Å². The second-order valence-corrected chi connectivity index (χ2v) is 4.61. The largest absolute Gasteiger partial charge is 0.481 e. The summed E-state index contributed by atoms with van der Waals surface area (Å²) in [5.41, 5.74) is 0.0848. The predicted molar refractivity (Wildman–Crippen MR) is 70.5 cm³/mol. The molecule has 116 valence electrons. The number of carbonyl (C=O) groups is 4. The molecule has 0 fully saturated rings. The minimum atomic E-state index is -1.24. The SMILES string of the molecule is CN1N=C(C(=O)N[C@H](CCCC(=O)O)C(=O)O)CCC1=O. The van der Waals surface area contributed by atoms with Gasteiger partial charge in [-0.25, -0.2) is 9.80 Å². The van der Waals surface area contributed by atoms with Crippen molar-refractivity contribution in [2.75, 3.05) is 7.05 Å². The number of hydrogen-bond acceptors (Lipinski definition) is 5. The Morgan fingerprint density at radius 1 is 1.33 bits per heavy atom. The zero-order valence-corrected chi connectivity index (χ0v) is 11.5. The zero-order chi connectivity index (χ0) is 16.0. The fourth-order valence-corrected chi connectivity index (χ4v) is 1.79. The van der Waals surface area contributed by atoms with Crippen molar-refractivity contribution in [1.29, 1.82) is 0 Å². The van der Waals surface area contributed by atoms with E-state index in [0.29, 0.717) is 0 Å². The van der Waals surface area contributed by atoms with Crippen molar-refractivity contribution in [3.05, 3.63) is 0 Å². The Morgan fingerprint density at radius 2 is 2.00 bits per heavy atom. The Hall–Kier alpha value is -2.45. The van der Waals surface area contributed by atoms with E-state index in [1.807, 2.05) is 0 Å². The maximum absolute atomic E-state index is 11.9. The van der Waals surface area contributed by atoms with Gasteiger partial charge in [0.25, 0.3) is 5.91 Å². The smallest absolute Gasteiger partial charge is 0.326 e. The quantitative estimate of drug-likeness (QED) is 0.575. The van der Waals surface area contributed by atoms with Crippen LogP contribution in [-0.4, -0.2) is 57.8 Å². The van der Waals surface area contributed by atoms with E-state index in [1.54, 1.807) is 0 Å². The van der Waals surface area contributed by atoms with Gasteiger partial charge in [-0.2, -0.15) is 5.10 Å². The summed E-state index contributed by atoms with van der Waals surface area (Å²) in [6.45, 7) is 0. The number of carbonyl (C=O) groups excluding carboxylic acids is 2. The second kappa shape index (κ2) is 7.36. The Kier molecular flexibility index (Phi) is 5.82. The summed E-state index contributed by atoms with van der Waals surface area (Å²) >= 11 is 0. The first-order chi connectivity index (χ1) is 9.81. The normalized spacial score (nSPS) is 16.1. The second-order valence-electron chi connectivity index (χ2n) is 4.61. The van der Waals surface area contributed by atoms with Crippen molar-refractivity contribution in [3.63, 3.8) is 0 Å². The van der Waals surface area contributed by atoms with Crippen molar-refractivity contribution in [2.24, 2.45) is 5.10 Å². The van der Waals surface area contributed by atoms with E-state index in [9.17, 15) is 19.2 Å². The van der Waals surface area contributed by atoms with Gasteiger partial charge >= 0.3 is 11.9 Å². The number of carboxylic acid groups (broad SMARTS) is 2. The zero-order valence-electron chi connectivity index (χ0n) is 11.5. The van der Waals surface area contributed by atoms with Crippen molar-refractivity contribution < 1.29 is 29.4 Å². The van der Waals surface area contributed by atoms with Crippen molar-refractivity contribution >= 4 is 29.5 Å². The van der Waals surface area contributed by atoms with Crippen LogP contribution in [0.15, 0.2) is 5.10 Å². The van der Waals surface area contributed by atoms with Gasteiger partial charge in [0.05, 0.1) is 0 Å². The molecule has 21 heavy (non-hydrogen) atoms. The lowest BCUT2D eigenvalue weighted by Crippen LogP contribution is -2.45. The molecule has 0 radical (unpaired) electrons. The average Bonchev–Trinajstić information content (AvgIpc) is 2.40. The Labute approximate surface area is 120 Å². The number of rotatable bonds is 7. The summed E-state index contributed by atoms with van der Waals surface area (Å²) in [4.78, 5) is 44.6. The van der Waals surface area contributed by atoms with Crippen LogP contribution >= 0.6 is 0 Å². The Morgan fingerprint density at radius 3 is 2.52 bits per heavy atom. The van der Waals surface area contributed by atoms with Gasteiger partial charge in [-0.3, -0.25) is 14.4 Å². The summed E-state index contributed by atoms with van der Waals surface area (Å²) in [5, 5.41) is 24.6. The molecule has 1 aliphatic heterocycles. The van der Waals surface area contributed by atoms with Crippen molar-refractivity contribution in [3.8, 4) is 0 Å². The number of hydrogen-bond donors (Lipinski definition) is 3. The van der Waals surface area contributed by atoms with Gasteiger partial charge in [0.1, 0.15) is 11.8 Å². The van der Waals surface area contributed by atoms with Crippen LogP contribution in [-0.2, 0) is 19.2 Å². The highest BCUT2D eigenvalue weighted by molar-refractivity contribution is 6.39. The molecular formula is C12H17N3O6. The molecule has 9 nitrogen and oxygen atoms in total. The lowest BCUT2D eigenvalue weighted by molar-refractivity contribution is -0.142. The molecule has 0 aromatic carbocycles. The van der Waals surface area contributed by atoms with E-state index < -0.39 is 23.9 Å². The third kappa shape index (κ3) is 5.21. The summed E-state index contributed by atoms with van der Waals surface area (Å²) in [5.74, 6) is -3.14. The molecule has 0 spiro atoms. The van der Waals surface area contributed by atoms with Crippen LogP contribution in [0.1, 0.15) is 32.1 Å².